The molecular weight excluding hydrogens is 224 g/mol. The second kappa shape index (κ2) is 4.03. The third-order valence-corrected chi connectivity index (χ3v) is 1.07. The Bertz CT molecular complexity index is 189. The molecule has 56 valence electrons. The maximum Gasteiger partial charge on any atom is 0.443 e. The molecule has 0 unspecified atom stereocenters. The molecule has 0 bridgehead atoms. The summed E-state index contributed by atoms with van der Waals surface area (Å²) in [6.07, 6.45) is -5.03. The maximum atomic E-state index is 11.1. The van der Waals surface area contributed by atoms with Crippen molar-refractivity contribution in [3.05, 3.63) is 0 Å². The van der Waals surface area contributed by atoms with Crippen LogP contribution in [0.4, 0.5) is 13.2 Å². The van der Waals surface area contributed by atoms with Crippen molar-refractivity contribution < 1.29 is 41.1 Å². The SMILES string of the molecule is N=C([SH](=O)=O)C(F)(F)F.[Zn]. The monoisotopic (exact) mass is 225 g/mol. The number of halogens is 3. The zero-order chi connectivity index (χ0) is 7.65. The fraction of sp³-hybridized carbons (Fsp3) is 0.500. The first-order valence-corrected chi connectivity index (χ1v) is 2.83. The molecule has 0 saturated heterocycles. The van der Waals surface area contributed by atoms with Crippen molar-refractivity contribution in [1.29, 1.82) is 5.41 Å². The Balaban J connectivity index is 0. The van der Waals surface area contributed by atoms with Crippen LogP contribution in [0, 0.1) is 5.41 Å². The van der Waals surface area contributed by atoms with E-state index < -0.39 is 21.9 Å². The van der Waals surface area contributed by atoms with Crippen LogP contribution in [-0.4, -0.2) is 19.6 Å². The van der Waals surface area contributed by atoms with Gasteiger partial charge in [0.05, 0.1) is 0 Å². The van der Waals surface area contributed by atoms with Crippen molar-refractivity contribution in [2.45, 2.75) is 6.18 Å². The van der Waals surface area contributed by atoms with Crippen LogP contribution in [0.15, 0.2) is 0 Å². The van der Waals surface area contributed by atoms with E-state index in [2.05, 4.69) is 0 Å². The minimum atomic E-state index is -5.03. The van der Waals surface area contributed by atoms with Crippen molar-refractivity contribution in [2.75, 3.05) is 0 Å². The first-order valence-electron chi connectivity index (χ1n) is 1.66. The molecule has 0 heterocycles. The average Bonchev–Trinajstić information content (AvgIpc) is 1.62. The van der Waals surface area contributed by atoms with Gasteiger partial charge in [0.15, 0.2) is 10.7 Å². The molecule has 1 N–H and O–H groups in total. The van der Waals surface area contributed by atoms with E-state index in [1.165, 1.54) is 0 Å². The third-order valence-electron chi connectivity index (χ3n) is 0.451. The number of alkyl halides is 3. The van der Waals surface area contributed by atoms with Gasteiger partial charge in [0, 0.05) is 19.5 Å². The van der Waals surface area contributed by atoms with E-state index in [1.807, 2.05) is 0 Å². The molecule has 0 fully saturated rings. The zero-order valence-corrected chi connectivity index (χ0v) is 8.47. The minimum absolute atomic E-state index is 0. The van der Waals surface area contributed by atoms with Gasteiger partial charge in [-0.05, 0) is 0 Å². The van der Waals surface area contributed by atoms with Crippen LogP contribution < -0.4 is 0 Å². The number of hydrogen-bond acceptors (Lipinski definition) is 3. The summed E-state index contributed by atoms with van der Waals surface area (Å²) < 4.78 is 52.2. The molecule has 0 aliphatic carbocycles. The van der Waals surface area contributed by atoms with Crippen LogP contribution in [0.1, 0.15) is 0 Å². The zero-order valence-electron chi connectivity index (χ0n) is 4.60. The van der Waals surface area contributed by atoms with E-state index in [1.54, 1.807) is 0 Å². The Labute approximate surface area is 68.8 Å². The summed E-state index contributed by atoms with van der Waals surface area (Å²) in [4.78, 5) is 0. The van der Waals surface area contributed by atoms with E-state index in [-0.39, 0.29) is 19.5 Å². The molecule has 0 aromatic rings. The van der Waals surface area contributed by atoms with Crippen molar-refractivity contribution in [2.24, 2.45) is 0 Å². The number of thiol groups is 1. The number of nitrogens with one attached hydrogen (secondary N) is 1. The summed E-state index contributed by atoms with van der Waals surface area (Å²) in [5, 5.41) is 3.66. The van der Waals surface area contributed by atoms with Gasteiger partial charge in [-0.2, -0.15) is 13.2 Å². The van der Waals surface area contributed by atoms with Gasteiger partial charge in [-0.25, -0.2) is 8.42 Å². The maximum absolute atomic E-state index is 11.1. The second-order valence-electron chi connectivity index (χ2n) is 1.10. The Morgan fingerprint density at radius 1 is 1.30 bits per heavy atom. The van der Waals surface area contributed by atoms with Crippen LogP contribution in [0.25, 0.3) is 0 Å². The summed E-state index contributed by atoms with van der Waals surface area (Å²) >= 11 is 0. The molecule has 10 heavy (non-hydrogen) atoms. The normalized spacial score (nSPS) is 10.8. The molecular formula is C2H2F3NO2SZn. The summed E-state index contributed by atoms with van der Waals surface area (Å²) in [6, 6.07) is 0. The van der Waals surface area contributed by atoms with Gasteiger partial charge in [-0.15, -0.1) is 0 Å². The Kier molecular flexibility index (Phi) is 5.11. The predicted molar refractivity (Wildman–Crippen MR) is 24.1 cm³/mol. The van der Waals surface area contributed by atoms with Gasteiger partial charge in [0.1, 0.15) is 0 Å². The largest absolute Gasteiger partial charge is 0.443 e. The van der Waals surface area contributed by atoms with Crippen LogP contribution in [-0.2, 0) is 30.2 Å². The minimum Gasteiger partial charge on any atom is -0.286 e. The van der Waals surface area contributed by atoms with Gasteiger partial charge in [-0.1, -0.05) is 0 Å². The summed E-state index contributed by atoms with van der Waals surface area (Å²) in [5.41, 5.74) is 0. The Morgan fingerprint density at radius 2 is 1.60 bits per heavy atom. The molecule has 0 amide bonds. The molecule has 0 atom stereocenters. The summed E-state index contributed by atoms with van der Waals surface area (Å²) in [7, 11) is -3.79. The van der Waals surface area contributed by atoms with E-state index in [0.29, 0.717) is 0 Å². The third kappa shape index (κ3) is 3.95. The van der Waals surface area contributed by atoms with E-state index in [0.717, 1.165) is 0 Å². The fourth-order valence-electron chi connectivity index (χ4n) is 0.104. The van der Waals surface area contributed by atoms with Crippen molar-refractivity contribution in [3.63, 3.8) is 0 Å². The molecule has 0 radical (unpaired) electrons. The van der Waals surface area contributed by atoms with Crippen LogP contribution in [0.5, 0.6) is 0 Å². The molecule has 0 rings (SSSR count). The van der Waals surface area contributed by atoms with E-state index in [9.17, 15) is 21.6 Å². The molecule has 3 nitrogen and oxygen atoms in total. The molecule has 8 heteroatoms. The first-order chi connectivity index (χ1) is 3.85. The number of hydrogen-bond donors (Lipinski definition) is 2. The molecule has 0 aliphatic rings. The van der Waals surface area contributed by atoms with Crippen molar-refractivity contribution in [1.82, 2.24) is 0 Å². The molecule has 0 aliphatic heterocycles. The molecule has 0 spiro atoms. The fourth-order valence-corrected chi connectivity index (χ4v) is 0.311. The van der Waals surface area contributed by atoms with Gasteiger partial charge in [0.25, 0.3) is 0 Å². The van der Waals surface area contributed by atoms with Gasteiger partial charge < -0.3 is 0 Å². The topological polar surface area (TPSA) is 58.0 Å². The molecule has 0 aromatic heterocycles. The predicted octanol–water partition coefficient (Wildman–Crippen LogP) is 0.135. The first kappa shape index (κ1) is 12.7. The van der Waals surface area contributed by atoms with Crippen molar-refractivity contribution in [3.8, 4) is 0 Å². The standard InChI is InChI=1S/C2H2F3NO2S.Zn/c3-2(4,5)1(6)9(7)8;/h6,9H;. The van der Waals surface area contributed by atoms with E-state index >= 15 is 0 Å². The Hall–Kier alpha value is 0.0334. The van der Waals surface area contributed by atoms with Gasteiger partial charge >= 0.3 is 6.18 Å². The Morgan fingerprint density at radius 3 is 1.60 bits per heavy atom. The molecule has 0 saturated carbocycles. The second-order valence-corrected chi connectivity index (χ2v) is 2.06. The van der Waals surface area contributed by atoms with Crippen LogP contribution in [0.3, 0.4) is 0 Å². The van der Waals surface area contributed by atoms with E-state index in [4.69, 9.17) is 5.41 Å². The van der Waals surface area contributed by atoms with Crippen LogP contribution >= 0.6 is 0 Å². The number of rotatable bonds is 0. The van der Waals surface area contributed by atoms with Crippen molar-refractivity contribution >= 4 is 15.7 Å². The molecule has 0 aromatic carbocycles. The average molecular weight is 226 g/mol. The van der Waals surface area contributed by atoms with Gasteiger partial charge in [0.2, 0.25) is 5.04 Å². The van der Waals surface area contributed by atoms with Gasteiger partial charge in [-0.3, -0.25) is 5.41 Å². The summed E-state index contributed by atoms with van der Waals surface area (Å²) in [6.45, 7) is 0. The smallest absolute Gasteiger partial charge is 0.286 e. The van der Waals surface area contributed by atoms with Crippen LogP contribution in [0.2, 0.25) is 0 Å². The quantitative estimate of drug-likeness (QED) is 0.267. The summed E-state index contributed by atoms with van der Waals surface area (Å²) in [5.74, 6) is 0.